The van der Waals surface area contributed by atoms with Gasteiger partial charge in [-0.1, -0.05) is 58.7 Å². The number of carbonyl (C=O) groups excluding carboxylic acids is 2. The summed E-state index contributed by atoms with van der Waals surface area (Å²) in [6, 6.07) is 17.3. The van der Waals surface area contributed by atoms with Crippen LogP contribution in [0.1, 0.15) is 22.2 Å². The van der Waals surface area contributed by atoms with Gasteiger partial charge >= 0.3 is 0 Å². The van der Waals surface area contributed by atoms with E-state index in [1.807, 2.05) is 47.0 Å². The van der Waals surface area contributed by atoms with E-state index in [2.05, 4.69) is 15.3 Å². The summed E-state index contributed by atoms with van der Waals surface area (Å²) in [6.45, 7) is 1.38. The number of piperazine rings is 1. The largest absolute Gasteiger partial charge is 0.333 e. The van der Waals surface area contributed by atoms with E-state index in [1.165, 1.54) is 23.9 Å². The molecule has 1 unspecified atom stereocenters. The molecule has 42 heavy (non-hydrogen) atoms. The van der Waals surface area contributed by atoms with Gasteiger partial charge in [0.1, 0.15) is 22.4 Å². The van der Waals surface area contributed by atoms with Crippen LogP contribution >= 0.6 is 35.0 Å². The van der Waals surface area contributed by atoms with Crippen LogP contribution in [0.25, 0.3) is 5.65 Å². The molecule has 0 saturated carbocycles. The Bertz CT molecular complexity index is 1760. The van der Waals surface area contributed by atoms with Crippen molar-refractivity contribution in [3.8, 4) is 0 Å². The molecule has 13 heteroatoms. The van der Waals surface area contributed by atoms with Crippen molar-refractivity contribution in [2.24, 2.45) is 0 Å². The first-order valence-corrected chi connectivity index (χ1v) is 14.7. The topological polar surface area (TPSA) is 88.6 Å². The second-order valence-corrected chi connectivity index (χ2v) is 11.8. The number of hydrogen-bond acceptors (Lipinski definition) is 6. The van der Waals surface area contributed by atoms with Gasteiger partial charge in [0.05, 0.1) is 41.6 Å². The van der Waals surface area contributed by atoms with E-state index in [1.54, 1.807) is 39.0 Å². The van der Waals surface area contributed by atoms with Crippen molar-refractivity contribution < 1.29 is 14.0 Å². The van der Waals surface area contributed by atoms with Gasteiger partial charge in [0, 0.05) is 30.4 Å². The summed E-state index contributed by atoms with van der Waals surface area (Å²) in [4.78, 5) is 35.3. The number of fused-ring (bicyclic) bond motifs is 1. The van der Waals surface area contributed by atoms with Crippen molar-refractivity contribution in [1.82, 2.24) is 34.2 Å². The molecule has 1 atom stereocenters. The van der Waals surface area contributed by atoms with Crippen molar-refractivity contribution in [1.29, 1.82) is 0 Å². The third-order valence-corrected chi connectivity index (χ3v) is 8.58. The maximum atomic E-state index is 13.7. The van der Waals surface area contributed by atoms with Crippen LogP contribution in [0.15, 0.2) is 84.1 Å². The van der Waals surface area contributed by atoms with Gasteiger partial charge in [0.25, 0.3) is 0 Å². The van der Waals surface area contributed by atoms with Crippen molar-refractivity contribution in [3.05, 3.63) is 112 Å². The molecule has 0 bridgehead atoms. The molecule has 4 heterocycles. The highest BCUT2D eigenvalue weighted by molar-refractivity contribution is 8.00. The van der Waals surface area contributed by atoms with Gasteiger partial charge in [0.15, 0.2) is 0 Å². The predicted molar refractivity (Wildman–Crippen MR) is 158 cm³/mol. The number of halogens is 3. The average molecular weight is 625 g/mol. The fraction of sp³-hybridized carbons (Fsp3) is 0.207. The van der Waals surface area contributed by atoms with Gasteiger partial charge in [0.2, 0.25) is 11.8 Å². The highest BCUT2D eigenvalue weighted by atomic mass is 35.5. The molecule has 0 N–H and O–H groups in total. The zero-order chi connectivity index (χ0) is 29.2. The smallest absolute Gasteiger partial charge is 0.242 e. The number of nitrogens with zero attached hydrogens (tertiary/aromatic N) is 7. The quantitative estimate of drug-likeness (QED) is 0.223. The normalized spacial score (nSPS) is 14.5. The van der Waals surface area contributed by atoms with E-state index in [9.17, 15) is 14.0 Å². The molecule has 2 aromatic carbocycles. The van der Waals surface area contributed by atoms with E-state index in [-0.39, 0.29) is 29.9 Å². The van der Waals surface area contributed by atoms with Gasteiger partial charge in [-0.05, 0) is 35.9 Å². The number of hydrogen-bond donors (Lipinski definition) is 0. The highest BCUT2D eigenvalue weighted by Crippen LogP contribution is 2.38. The van der Waals surface area contributed by atoms with Gasteiger partial charge in [-0.3, -0.25) is 9.59 Å². The Hall–Kier alpha value is -3.93. The Morgan fingerprint density at radius 3 is 2.60 bits per heavy atom. The molecule has 1 aliphatic heterocycles. The zero-order valence-corrected chi connectivity index (χ0v) is 24.4. The van der Waals surface area contributed by atoms with Crippen LogP contribution in [0.3, 0.4) is 0 Å². The Labute approximate surface area is 254 Å². The number of thioether (sulfide) groups is 1. The van der Waals surface area contributed by atoms with Gasteiger partial charge in [-0.2, -0.15) is 0 Å². The Morgan fingerprint density at radius 2 is 1.81 bits per heavy atom. The number of benzene rings is 2. The number of rotatable bonds is 8. The van der Waals surface area contributed by atoms with Crippen molar-refractivity contribution in [2.45, 2.75) is 23.2 Å². The predicted octanol–water partition coefficient (Wildman–Crippen LogP) is 5.12. The highest BCUT2D eigenvalue weighted by Gasteiger charge is 2.33. The Morgan fingerprint density at radius 1 is 0.976 bits per heavy atom. The van der Waals surface area contributed by atoms with Crippen LogP contribution in [0, 0.1) is 5.82 Å². The lowest BCUT2D eigenvalue weighted by Gasteiger charge is -2.35. The lowest BCUT2D eigenvalue weighted by atomic mass is 10.1. The maximum absolute atomic E-state index is 13.7. The molecule has 1 fully saturated rings. The summed E-state index contributed by atoms with van der Waals surface area (Å²) in [5.74, 6) is -0.895. The van der Waals surface area contributed by atoms with Crippen LogP contribution < -0.4 is 0 Å². The lowest BCUT2D eigenvalue weighted by molar-refractivity contribution is -0.145. The molecule has 6 rings (SSSR count). The zero-order valence-electron chi connectivity index (χ0n) is 22.1. The number of aromatic nitrogens is 5. The van der Waals surface area contributed by atoms with Gasteiger partial charge < -0.3 is 14.2 Å². The first-order chi connectivity index (χ1) is 20.3. The van der Waals surface area contributed by atoms with Crippen molar-refractivity contribution in [3.63, 3.8) is 0 Å². The third-order valence-electron chi connectivity index (χ3n) is 6.83. The number of carbonyl (C=O) groups is 2. The summed E-state index contributed by atoms with van der Waals surface area (Å²) in [5, 5.41) is 8.41. The summed E-state index contributed by atoms with van der Waals surface area (Å²) in [7, 11) is 0. The van der Waals surface area contributed by atoms with Gasteiger partial charge in [-0.25, -0.2) is 14.1 Å². The fourth-order valence-electron chi connectivity index (χ4n) is 4.75. The van der Waals surface area contributed by atoms with Crippen LogP contribution in [-0.4, -0.2) is 65.6 Å². The van der Waals surface area contributed by atoms with E-state index < -0.39 is 11.1 Å². The lowest BCUT2D eigenvalue weighted by Crippen LogP contribution is -2.52. The Kier molecular flexibility index (Phi) is 8.14. The Balaban J connectivity index is 1.10. The van der Waals surface area contributed by atoms with Crippen LogP contribution in [-0.2, 0) is 22.7 Å². The monoisotopic (exact) mass is 623 g/mol. The molecular weight excluding hydrogens is 600 g/mol. The molecule has 0 aliphatic carbocycles. The number of imidazole rings is 1. The minimum atomic E-state index is -0.623. The second kappa shape index (κ2) is 12.1. The summed E-state index contributed by atoms with van der Waals surface area (Å²) < 4.78 is 17.2. The standard InChI is InChI=1S/C29H24Cl2FN7O2S/c30-20-6-9-26-33-21(14-38(26)13-20)16-39-17-22(34-35-39)15-36-10-11-37(18-27(36)40)29(41)28(19-4-2-1-3-5-19)42-23-7-8-25(32)24(31)12-23/h1-9,12-14,17,28H,10-11,15-16,18H2. The molecule has 3 aromatic heterocycles. The second-order valence-electron chi connectivity index (χ2n) is 9.81. The fourth-order valence-corrected chi connectivity index (χ4v) is 6.31. The summed E-state index contributed by atoms with van der Waals surface area (Å²) in [6.07, 6.45) is 5.46. The van der Waals surface area contributed by atoms with E-state index in [0.29, 0.717) is 35.2 Å². The molecular formula is C29H24Cl2FN7O2S. The average Bonchev–Trinajstić information content (AvgIpc) is 3.60. The molecule has 9 nitrogen and oxygen atoms in total. The summed E-state index contributed by atoms with van der Waals surface area (Å²) in [5.41, 5.74) is 3.00. The third kappa shape index (κ3) is 6.28. The molecule has 1 saturated heterocycles. The van der Waals surface area contributed by atoms with Gasteiger partial charge in [-0.15, -0.1) is 16.9 Å². The van der Waals surface area contributed by atoms with Crippen molar-refractivity contribution in [2.75, 3.05) is 19.6 Å². The first-order valence-electron chi connectivity index (χ1n) is 13.1. The first kappa shape index (κ1) is 28.2. The van der Waals surface area contributed by atoms with Crippen molar-refractivity contribution >= 4 is 52.4 Å². The molecule has 2 amide bonds. The molecule has 0 spiro atoms. The van der Waals surface area contributed by atoms with E-state index >= 15 is 0 Å². The van der Waals surface area contributed by atoms with Crippen LogP contribution in [0.2, 0.25) is 10.0 Å². The van der Waals surface area contributed by atoms with Crippen LogP contribution in [0.4, 0.5) is 4.39 Å². The molecule has 5 aromatic rings. The summed E-state index contributed by atoms with van der Waals surface area (Å²) >= 11 is 13.3. The number of pyridine rings is 1. The van der Waals surface area contributed by atoms with Crippen LogP contribution in [0.5, 0.6) is 0 Å². The van der Waals surface area contributed by atoms with E-state index in [4.69, 9.17) is 23.2 Å². The molecule has 0 radical (unpaired) electrons. The molecule has 1 aliphatic rings. The minimum absolute atomic E-state index is 0.0109. The number of amides is 2. The molecule has 214 valence electrons. The SMILES string of the molecule is O=C1CN(C(=O)C(Sc2ccc(F)c(Cl)c2)c2ccccc2)CCN1Cc1cn(Cc2cn3cc(Cl)ccc3n2)nn1. The van der Waals surface area contributed by atoms with E-state index in [0.717, 1.165) is 16.9 Å². The maximum Gasteiger partial charge on any atom is 0.242 e. The minimum Gasteiger partial charge on any atom is -0.333 e.